The van der Waals surface area contributed by atoms with Crippen LogP contribution in [0.15, 0.2) is 0 Å². The Kier molecular flexibility index (Phi) is 5.69. The molecule has 0 aliphatic heterocycles. The van der Waals surface area contributed by atoms with Gasteiger partial charge in [-0.1, -0.05) is 26.1 Å². The predicted molar refractivity (Wildman–Crippen MR) is 63.1 cm³/mol. The van der Waals surface area contributed by atoms with Crippen LogP contribution in [0.2, 0.25) is 0 Å². The van der Waals surface area contributed by atoms with E-state index in [-0.39, 0.29) is 17.9 Å². The first-order valence-corrected chi connectivity index (χ1v) is 5.42. The summed E-state index contributed by atoms with van der Waals surface area (Å²) in [4.78, 5) is 13.9. The summed E-state index contributed by atoms with van der Waals surface area (Å²) in [5, 5.41) is 0. The number of thiocarbonyl (C=S) groups is 1. The number of nitrogens with zero attached hydrogens (tertiary/aromatic N) is 1. The van der Waals surface area contributed by atoms with Crippen molar-refractivity contribution in [1.29, 1.82) is 0 Å². The van der Waals surface area contributed by atoms with E-state index in [0.29, 0.717) is 4.99 Å². The summed E-state index contributed by atoms with van der Waals surface area (Å²) in [6.07, 6.45) is 1.73. The number of rotatable bonds is 5. The van der Waals surface area contributed by atoms with Crippen LogP contribution >= 0.6 is 12.2 Å². The van der Waals surface area contributed by atoms with Crippen molar-refractivity contribution in [3.63, 3.8) is 0 Å². The van der Waals surface area contributed by atoms with E-state index in [9.17, 15) is 4.79 Å². The largest absolute Gasteiger partial charge is 0.392 e. The van der Waals surface area contributed by atoms with Gasteiger partial charge in [0.25, 0.3) is 0 Å². The van der Waals surface area contributed by atoms with Crippen LogP contribution in [-0.2, 0) is 4.79 Å². The maximum absolute atomic E-state index is 11.9. The van der Waals surface area contributed by atoms with E-state index in [2.05, 4.69) is 0 Å². The minimum atomic E-state index is -0.155. The molecule has 0 spiro atoms. The Labute approximate surface area is 91.6 Å². The monoisotopic (exact) mass is 216 g/mol. The van der Waals surface area contributed by atoms with Gasteiger partial charge in [0.1, 0.15) is 0 Å². The summed E-state index contributed by atoms with van der Waals surface area (Å²) < 4.78 is 0. The van der Waals surface area contributed by atoms with Crippen molar-refractivity contribution in [2.24, 2.45) is 11.7 Å². The van der Waals surface area contributed by atoms with E-state index in [4.69, 9.17) is 18.0 Å². The molecule has 0 fully saturated rings. The molecular weight excluding hydrogens is 196 g/mol. The summed E-state index contributed by atoms with van der Waals surface area (Å²) in [5.74, 6) is 0.229. The first-order valence-electron chi connectivity index (χ1n) is 5.01. The Morgan fingerprint density at radius 3 is 2.14 bits per heavy atom. The minimum absolute atomic E-state index is 0.0943. The molecule has 0 aliphatic carbocycles. The number of carbonyl (C=O) groups is 1. The third kappa shape index (κ3) is 3.25. The number of hydrogen-bond acceptors (Lipinski definition) is 2. The summed E-state index contributed by atoms with van der Waals surface area (Å²) in [6.45, 7) is 5.89. The van der Waals surface area contributed by atoms with Gasteiger partial charge in [-0.25, -0.2) is 0 Å². The van der Waals surface area contributed by atoms with Gasteiger partial charge in [0.05, 0.1) is 11.0 Å². The molecular formula is C10H20N2OS. The molecule has 14 heavy (non-hydrogen) atoms. The van der Waals surface area contributed by atoms with Crippen LogP contribution in [0.3, 0.4) is 0 Å². The third-order valence-electron chi connectivity index (χ3n) is 2.68. The highest BCUT2D eigenvalue weighted by molar-refractivity contribution is 7.80. The average molecular weight is 216 g/mol. The molecule has 0 aromatic rings. The van der Waals surface area contributed by atoms with Crippen LogP contribution in [0.4, 0.5) is 0 Å². The van der Waals surface area contributed by atoms with Gasteiger partial charge in [-0.3, -0.25) is 4.79 Å². The third-order valence-corrected chi connectivity index (χ3v) is 3.02. The van der Waals surface area contributed by atoms with Gasteiger partial charge in [-0.15, -0.1) is 0 Å². The number of amides is 1. The topological polar surface area (TPSA) is 46.3 Å². The zero-order valence-corrected chi connectivity index (χ0v) is 10.2. The van der Waals surface area contributed by atoms with E-state index < -0.39 is 0 Å². The van der Waals surface area contributed by atoms with Gasteiger partial charge in [-0.05, 0) is 19.8 Å². The molecule has 0 heterocycles. The molecule has 1 unspecified atom stereocenters. The van der Waals surface area contributed by atoms with Gasteiger partial charge in [0.2, 0.25) is 5.91 Å². The molecule has 1 amide bonds. The molecule has 0 saturated heterocycles. The van der Waals surface area contributed by atoms with Crippen LogP contribution in [0.25, 0.3) is 0 Å². The quantitative estimate of drug-likeness (QED) is 0.709. The molecule has 3 nitrogen and oxygen atoms in total. The van der Waals surface area contributed by atoms with E-state index in [1.807, 2.05) is 20.8 Å². The molecule has 1 atom stereocenters. The lowest BCUT2D eigenvalue weighted by Gasteiger charge is -2.27. The standard InChI is InChI=1S/C10H20N2OS/c1-5-8(6-2)10(13)12(4)7(3)9(11)14/h7-8H,5-6H2,1-4H3,(H2,11,14). The summed E-state index contributed by atoms with van der Waals surface area (Å²) in [7, 11) is 1.75. The maximum atomic E-state index is 11.9. The number of nitrogens with two attached hydrogens (primary N) is 1. The van der Waals surface area contributed by atoms with E-state index in [1.165, 1.54) is 0 Å². The molecule has 0 saturated carbocycles. The van der Waals surface area contributed by atoms with Crippen LogP contribution < -0.4 is 5.73 Å². The van der Waals surface area contributed by atoms with Gasteiger partial charge in [0, 0.05) is 13.0 Å². The van der Waals surface area contributed by atoms with Crippen LogP contribution in [0, 0.1) is 5.92 Å². The normalized spacial score (nSPS) is 12.6. The Bertz CT molecular complexity index is 214. The van der Waals surface area contributed by atoms with Crippen LogP contribution in [0.1, 0.15) is 33.6 Å². The average Bonchev–Trinajstić information content (AvgIpc) is 2.17. The Morgan fingerprint density at radius 2 is 1.86 bits per heavy atom. The fourth-order valence-corrected chi connectivity index (χ4v) is 1.47. The fourth-order valence-electron chi connectivity index (χ4n) is 1.31. The molecule has 0 rings (SSSR count). The zero-order valence-electron chi connectivity index (χ0n) is 9.41. The van der Waals surface area contributed by atoms with Gasteiger partial charge >= 0.3 is 0 Å². The molecule has 0 aromatic carbocycles. The Morgan fingerprint density at radius 1 is 1.43 bits per heavy atom. The van der Waals surface area contributed by atoms with Crippen molar-refractivity contribution in [2.75, 3.05) is 7.05 Å². The molecule has 82 valence electrons. The fraction of sp³-hybridized carbons (Fsp3) is 0.800. The smallest absolute Gasteiger partial charge is 0.225 e. The Hall–Kier alpha value is -0.640. The minimum Gasteiger partial charge on any atom is -0.392 e. The number of hydrogen-bond donors (Lipinski definition) is 1. The second-order valence-corrected chi connectivity index (χ2v) is 4.01. The Balaban J connectivity index is 4.44. The van der Waals surface area contributed by atoms with Crippen molar-refractivity contribution in [1.82, 2.24) is 4.90 Å². The highest BCUT2D eigenvalue weighted by Crippen LogP contribution is 2.12. The van der Waals surface area contributed by atoms with E-state index in [0.717, 1.165) is 12.8 Å². The van der Waals surface area contributed by atoms with Crippen LogP contribution in [-0.4, -0.2) is 28.9 Å². The molecule has 0 bridgehead atoms. The highest BCUT2D eigenvalue weighted by atomic mass is 32.1. The molecule has 0 radical (unpaired) electrons. The molecule has 0 aliphatic rings. The van der Waals surface area contributed by atoms with Gasteiger partial charge in [0.15, 0.2) is 0 Å². The summed E-state index contributed by atoms with van der Waals surface area (Å²) >= 11 is 4.86. The van der Waals surface area contributed by atoms with Gasteiger partial charge in [-0.2, -0.15) is 0 Å². The SMILES string of the molecule is CCC(CC)C(=O)N(C)C(C)C(N)=S. The first-order chi connectivity index (χ1) is 6.45. The van der Waals surface area contributed by atoms with E-state index in [1.54, 1.807) is 11.9 Å². The molecule has 2 N–H and O–H groups in total. The number of likely N-dealkylation sites (N-methyl/N-ethyl adjacent to an activating group) is 1. The van der Waals surface area contributed by atoms with Crippen molar-refractivity contribution < 1.29 is 4.79 Å². The first kappa shape index (κ1) is 13.4. The van der Waals surface area contributed by atoms with Crippen molar-refractivity contribution >= 4 is 23.1 Å². The lowest BCUT2D eigenvalue weighted by molar-refractivity contribution is -0.135. The lowest BCUT2D eigenvalue weighted by Crippen LogP contribution is -2.45. The maximum Gasteiger partial charge on any atom is 0.225 e. The lowest BCUT2D eigenvalue weighted by atomic mass is 10.0. The summed E-state index contributed by atoms with van der Waals surface area (Å²) in [6, 6.07) is -0.155. The van der Waals surface area contributed by atoms with Crippen LogP contribution in [0.5, 0.6) is 0 Å². The predicted octanol–water partition coefficient (Wildman–Crippen LogP) is 1.56. The zero-order chi connectivity index (χ0) is 11.3. The summed E-state index contributed by atoms with van der Waals surface area (Å²) in [5.41, 5.74) is 5.50. The second-order valence-electron chi connectivity index (χ2n) is 3.54. The van der Waals surface area contributed by atoms with Crippen molar-refractivity contribution in [3.05, 3.63) is 0 Å². The van der Waals surface area contributed by atoms with Crippen molar-refractivity contribution in [3.8, 4) is 0 Å². The van der Waals surface area contributed by atoms with Crippen molar-refractivity contribution in [2.45, 2.75) is 39.7 Å². The van der Waals surface area contributed by atoms with Gasteiger partial charge < -0.3 is 10.6 Å². The second kappa shape index (κ2) is 5.96. The highest BCUT2D eigenvalue weighted by Gasteiger charge is 2.23. The van der Waals surface area contributed by atoms with E-state index >= 15 is 0 Å². The number of carbonyl (C=O) groups excluding carboxylic acids is 1. The molecule has 0 aromatic heterocycles. The molecule has 4 heteroatoms.